The third-order valence-corrected chi connectivity index (χ3v) is 4.30. The second kappa shape index (κ2) is 5.06. The molecule has 3 rings (SSSR count). The molecule has 5 heteroatoms. The van der Waals surface area contributed by atoms with Crippen molar-refractivity contribution >= 4 is 16.9 Å². The highest BCUT2D eigenvalue weighted by Gasteiger charge is 2.28. The number of aromatic nitrogens is 1. The summed E-state index contributed by atoms with van der Waals surface area (Å²) >= 11 is 0. The number of carboxylic acid groups (broad SMARTS) is 1. The molecule has 3 nitrogen and oxygen atoms in total. The maximum absolute atomic E-state index is 14.1. The van der Waals surface area contributed by atoms with Gasteiger partial charge in [-0.25, -0.2) is 18.6 Å². The summed E-state index contributed by atoms with van der Waals surface area (Å²) in [6, 6.07) is 1.94. The lowest BCUT2D eigenvalue weighted by Gasteiger charge is -2.25. The second-order valence-corrected chi connectivity index (χ2v) is 5.49. The van der Waals surface area contributed by atoms with Crippen molar-refractivity contribution in [2.24, 2.45) is 5.92 Å². The number of rotatable bonds is 2. The fourth-order valence-corrected chi connectivity index (χ4v) is 3.13. The predicted molar refractivity (Wildman–Crippen MR) is 74.4 cm³/mol. The van der Waals surface area contributed by atoms with Crippen molar-refractivity contribution in [3.63, 3.8) is 0 Å². The summed E-state index contributed by atoms with van der Waals surface area (Å²) in [6.45, 7) is 2.05. The van der Waals surface area contributed by atoms with Crippen LogP contribution in [0, 0.1) is 17.6 Å². The number of benzene rings is 1. The summed E-state index contributed by atoms with van der Waals surface area (Å²) in [7, 11) is 0. The van der Waals surface area contributed by atoms with Crippen molar-refractivity contribution < 1.29 is 18.7 Å². The van der Waals surface area contributed by atoms with Gasteiger partial charge < -0.3 is 5.11 Å². The average Bonchev–Trinajstić information content (AvgIpc) is 2.48. The molecule has 1 aromatic heterocycles. The Kier molecular flexibility index (Phi) is 3.35. The van der Waals surface area contributed by atoms with Crippen LogP contribution in [0.4, 0.5) is 8.78 Å². The van der Waals surface area contributed by atoms with Crippen molar-refractivity contribution in [2.75, 3.05) is 0 Å². The average molecular weight is 291 g/mol. The summed E-state index contributed by atoms with van der Waals surface area (Å²) in [6.07, 6.45) is 3.01. The molecule has 1 atom stereocenters. The van der Waals surface area contributed by atoms with Gasteiger partial charge in [0, 0.05) is 5.69 Å². The van der Waals surface area contributed by atoms with Gasteiger partial charge in [0.2, 0.25) is 0 Å². The molecule has 1 aliphatic rings. The highest BCUT2D eigenvalue weighted by atomic mass is 19.1. The van der Waals surface area contributed by atoms with Gasteiger partial charge in [-0.3, -0.25) is 0 Å². The SMILES string of the molecule is CCC1CCc2nc3c(F)ccc(F)c3c(C(=O)O)c2C1. The largest absolute Gasteiger partial charge is 0.478 e. The van der Waals surface area contributed by atoms with E-state index in [1.54, 1.807) is 0 Å². The van der Waals surface area contributed by atoms with Crippen LogP contribution in [-0.2, 0) is 12.8 Å². The summed E-state index contributed by atoms with van der Waals surface area (Å²) < 4.78 is 28.0. The number of fused-ring (bicyclic) bond motifs is 2. The molecule has 0 amide bonds. The molecule has 0 radical (unpaired) electrons. The number of pyridine rings is 1. The van der Waals surface area contributed by atoms with Gasteiger partial charge in [-0.15, -0.1) is 0 Å². The smallest absolute Gasteiger partial charge is 0.336 e. The second-order valence-electron chi connectivity index (χ2n) is 5.49. The molecule has 0 spiro atoms. The van der Waals surface area contributed by atoms with E-state index in [0.29, 0.717) is 30.0 Å². The molecule has 110 valence electrons. The number of aromatic carboxylic acids is 1. The van der Waals surface area contributed by atoms with E-state index >= 15 is 0 Å². The Morgan fingerprint density at radius 1 is 1.38 bits per heavy atom. The van der Waals surface area contributed by atoms with Gasteiger partial charge in [0.1, 0.15) is 17.2 Å². The molecule has 0 saturated heterocycles. The van der Waals surface area contributed by atoms with Crippen LogP contribution in [0.1, 0.15) is 41.4 Å². The van der Waals surface area contributed by atoms with Crippen LogP contribution in [0.2, 0.25) is 0 Å². The Morgan fingerprint density at radius 3 is 2.76 bits per heavy atom. The molecule has 0 aliphatic heterocycles. The first kappa shape index (κ1) is 13.9. The van der Waals surface area contributed by atoms with Gasteiger partial charge in [-0.05, 0) is 42.9 Å². The van der Waals surface area contributed by atoms with E-state index in [2.05, 4.69) is 4.98 Å². The highest BCUT2D eigenvalue weighted by molar-refractivity contribution is 6.04. The van der Waals surface area contributed by atoms with Gasteiger partial charge in [-0.2, -0.15) is 0 Å². The van der Waals surface area contributed by atoms with E-state index in [-0.39, 0.29) is 16.5 Å². The summed E-state index contributed by atoms with van der Waals surface area (Å²) in [5.74, 6) is -2.28. The molecule has 0 saturated carbocycles. The lowest BCUT2D eigenvalue weighted by molar-refractivity contribution is 0.0696. The molecule has 1 aromatic carbocycles. The van der Waals surface area contributed by atoms with E-state index < -0.39 is 17.6 Å². The van der Waals surface area contributed by atoms with Crippen LogP contribution < -0.4 is 0 Å². The first-order valence-corrected chi connectivity index (χ1v) is 7.05. The number of hydrogen-bond acceptors (Lipinski definition) is 2. The number of hydrogen-bond donors (Lipinski definition) is 1. The number of halogens is 2. The Bertz CT molecular complexity index is 743. The zero-order valence-electron chi connectivity index (χ0n) is 11.6. The molecule has 1 heterocycles. The first-order valence-electron chi connectivity index (χ1n) is 7.05. The van der Waals surface area contributed by atoms with Crippen LogP contribution in [0.3, 0.4) is 0 Å². The number of carboxylic acids is 1. The van der Waals surface area contributed by atoms with E-state index in [1.165, 1.54) is 0 Å². The Hall–Kier alpha value is -2.04. The maximum atomic E-state index is 14.1. The molecule has 2 aromatic rings. The van der Waals surface area contributed by atoms with Gasteiger partial charge in [0.05, 0.1) is 10.9 Å². The minimum Gasteiger partial charge on any atom is -0.478 e. The van der Waals surface area contributed by atoms with Crippen molar-refractivity contribution in [2.45, 2.75) is 32.6 Å². The van der Waals surface area contributed by atoms with E-state index in [1.807, 2.05) is 6.92 Å². The standard InChI is InChI=1S/C16H15F2NO2/c1-2-8-3-6-12-9(7-8)13(16(20)21)14-10(17)4-5-11(18)15(14)19-12/h4-5,8H,2-3,6-7H2,1H3,(H,20,21). The summed E-state index contributed by atoms with van der Waals surface area (Å²) in [5.41, 5.74) is 0.859. The third-order valence-electron chi connectivity index (χ3n) is 4.30. The lowest BCUT2D eigenvalue weighted by atomic mass is 9.82. The van der Waals surface area contributed by atoms with E-state index in [9.17, 15) is 18.7 Å². The van der Waals surface area contributed by atoms with Crippen molar-refractivity contribution in [3.05, 3.63) is 40.6 Å². The molecule has 1 unspecified atom stereocenters. The topological polar surface area (TPSA) is 50.2 Å². The molecule has 21 heavy (non-hydrogen) atoms. The van der Waals surface area contributed by atoms with Crippen LogP contribution >= 0.6 is 0 Å². The van der Waals surface area contributed by atoms with Crippen molar-refractivity contribution in [1.29, 1.82) is 0 Å². The van der Waals surface area contributed by atoms with E-state index in [4.69, 9.17) is 0 Å². The molecule has 1 N–H and O–H groups in total. The van der Waals surface area contributed by atoms with Crippen LogP contribution in [0.15, 0.2) is 12.1 Å². The van der Waals surface area contributed by atoms with Crippen LogP contribution in [0.5, 0.6) is 0 Å². The fourth-order valence-electron chi connectivity index (χ4n) is 3.13. The number of carbonyl (C=O) groups is 1. The first-order chi connectivity index (χ1) is 10.0. The molecular weight excluding hydrogens is 276 g/mol. The minimum absolute atomic E-state index is 0.120. The van der Waals surface area contributed by atoms with E-state index in [0.717, 1.165) is 25.0 Å². The number of nitrogens with zero attached hydrogens (tertiary/aromatic N) is 1. The lowest BCUT2D eigenvalue weighted by Crippen LogP contribution is -2.20. The van der Waals surface area contributed by atoms with Crippen LogP contribution in [-0.4, -0.2) is 16.1 Å². The number of aryl methyl sites for hydroxylation is 1. The zero-order valence-corrected chi connectivity index (χ0v) is 11.6. The monoisotopic (exact) mass is 291 g/mol. The summed E-state index contributed by atoms with van der Waals surface area (Å²) in [5, 5.41) is 9.29. The van der Waals surface area contributed by atoms with Crippen LogP contribution in [0.25, 0.3) is 10.9 Å². The third kappa shape index (κ3) is 2.17. The maximum Gasteiger partial charge on any atom is 0.336 e. The molecule has 0 fully saturated rings. The van der Waals surface area contributed by atoms with Crippen molar-refractivity contribution in [3.8, 4) is 0 Å². The van der Waals surface area contributed by atoms with Gasteiger partial charge in [-0.1, -0.05) is 13.3 Å². The van der Waals surface area contributed by atoms with Gasteiger partial charge in [0.15, 0.2) is 0 Å². The van der Waals surface area contributed by atoms with Gasteiger partial charge >= 0.3 is 5.97 Å². The highest BCUT2D eigenvalue weighted by Crippen LogP contribution is 2.34. The van der Waals surface area contributed by atoms with Crippen molar-refractivity contribution in [1.82, 2.24) is 4.98 Å². The Morgan fingerprint density at radius 2 is 2.10 bits per heavy atom. The fraction of sp³-hybridized carbons (Fsp3) is 0.375. The molecule has 0 bridgehead atoms. The minimum atomic E-state index is -1.22. The molecule has 1 aliphatic carbocycles. The summed E-state index contributed by atoms with van der Waals surface area (Å²) in [4.78, 5) is 15.8. The Labute approximate surface area is 120 Å². The van der Waals surface area contributed by atoms with Gasteiger partial charge in [0.25, 0.3) is 0 Å². The normalized spacial score (nSPS) is 17.8. The Balaban J connectivity index is 2.38. The quantitative estimate of drug-likeness (QED) is 0.917. The zero-order chi connectivity index (χ0) is 15.1. The predicted octanol–water partition coefficient (Wildman–Crippen LogP) is 3.73. The molecular formula is C16H15F2NO2.